The van der Waals surface area contributed by atoms with Gasteiger partial charge in [-0.15, -0.1) is 0 Å². The standard InChI is InChI=1S/C61H121N2O6P/c1-6-8-10-12-14-16-18-20-22-24-26-27-28-29-30-31-32-33-34-35-36-37-38-40-42-44-46-48-50-52-54-60(64)59(58-69-70(66,67)68-57-56-63(3,4)5)62-61(65)55-53-51-49-47-45-43-41-39-25-23-21-19-17-15-13-11-9-7-2/h23,25,52,54,59-60,64H,6-22,24,26-51,53,55-58H2,1-5H3,(H-,62,65,66,67)/b25-23-,54-52+. The van der Waals surface area contributed by atoms with Gasteiger partial charge in [-0.05, 0) is 44.9 Å². The van der Waals surface area contributed by atoms with Gasteiger partial charge >= 0.3 is 0 Å². The van der Waals surface area contributed by atoms with E-state index < -0.39 is 20.0 Å². The number of allylic oxidation sites excluding steroid dienone is 3. The predicted octanol–water partition coefficient (Wildman–Crippen LogP) is 18.1. The third-order valence-electron chi connectivity index (χ3n) is 14.2. The number of nitrogens with one attached hydrogen (secondary N) is 1. The van der Waals surface area contributed by atoms with Crippen LogP contribution in [0.3, 0.4) is 0 Å². The molecule has 9 heteroatoms. The van der Waals surface area contributed by atoms with Gasteiger partial charge in [-0.3, -0.25) is 9.36 Å². The highest BCUT2D eigenvalue weighted by Crippen LogP contribution is 2.38. The Hall–Kier alpha value is -1.02. The fraction of sp³-hybridized carbons (Fsp3) is 0.918. The first kappa shape index (κ1) is 69.0. The lowest BCUT2D eigenvalue weighted by Gasteiger charge is -2.29. The Morgan fingerprint density at radius 3 is 1.11 bits per heavy atom. The molecule has 70 heavy (non-hydrogen) atoms. The Balaban J connectivity index is 4.10. The number of nitrogens with zero attached hydrogens (tertiary/aromatic N) is 1. The fourth-order valence-corrected chi connectivity index (χ4v) is 10.1. The zero-order valence-electron chi connectivity index (χ0n) is 47.5. The van der Waals surface area contributed by atoms with Gasteiger partial charge in [-0.1, -0.05) is 282 Å². The second-order valence-electron chi connectivity index (χ2n) is 22.4. The first-order valence-electron chi connectivity index (χ1n) is 30.7. The molecular formula is C61H121N2O6P. The molecule has 0 aromatic rings. The van der Waals surface area contributed by atoms with E-state index >= 15 is 0 Å². The number of carbonyl (C=O) groups excluding carboxylic acids is 1. The van der Waals surface area contributed by atoms with E-state index in [2.05, 4.69) is 31.3 Å². The van der Waals surface area contributed by atoms with E-state index in [1.807, 2.05) is 27.2 Å². The van der Waals surface area contributed by atoms with Crippen LogP contribution < -0.4 is 10.2 Å². The summed E-state index contributed by atoms with van der Waals surface area (Å²) in [4.78, 5) is 25.5. The van der Waals surface area contributed by atoms with Gasteiger partial charge in [-0.25, -0.2) is 0 Å². The van der Waals surface area contributed by atoms with E-state index in [4.69, 9.17) is 9.05 Å². The summed E-state index contributed by atoms with van der Waals surface area (Å²) < 4.78 is 23.4. The molecule has 0 aliphatic rings. The minimum Gasteiger partial charge on any atom is -0.756 e. The van der Waals surface area contributed by atoms with Crippen LogP contribution in [0, 0.1) is 0 Å². The van der Waals surface area contributed by atoms with E-state index in [-0.39, 0.29) is 19.1 Å². The van der Waals surface area contributed by atoms with Crippen molar-refractivity contribution in [2.24, 2.45) is 0 Å². The van der Waals surface area contributed by atoms with E-state index in [0.717, 1.165) is 38.5 Å². The van der Waals surface area contributed by atoms with Gasteiger partial charge in [0.15, 0.2) is 0 Å². The van der Waals surface area contributed by atoms with Crippen molar-refractivity contribution in [2.75, 3.05) is 40.9 Å². The number of aliphatic hydroxyl groups is 1. The van der Waals surface area contributed by atoms with E-state index in [9.17, 15) is 19.4 Å². The molecule has 0 fully saturated rings. The van der Waals surface area contributed by atoms with Gasteiger partial charge < -0.3 is 28.8 Å². The summed E-state index contributed by atoms with van der Waals surface area (Å²) in [7, 11) is 1.27. The van der Waals surface area contributed by atoms with Crippen LogP contribution >= 0.6 is 7.82 Å². The Morgan fingerprint density at radius 1 is 0.486 bits per heavy atom. The number of aliphatic hydroxyl groups excluding tert-OH is 1. The maximum atomic E-state index is 13.0. The highest BCUT2D eigenvalue weighted by atomic mass is 31.2. The molecular weight excluding hydrogens is 888 g/mol. The highest BCUT2D eigenvalue weighted by Gasteiger charge is 2.23. The van der Waals surface area contributed by atoms with Gasteiger partial charge in [0.1, 0.15) is 13.2 Å². The number of phosphoric acid groups is 1. The average molecular weight is 1010 g/mol. The van der Waals surface area contributed by atoms with Crippen LogP contribution in [0.15, 0.2) is 24.3 Å². The summed E-state index contributed by atoms with van der Waals surface area (Å²) in [6.45, 7) is 4.69. The molecule has 0 aromatic heterocycles. The maximum Gasteiger partial charge on any atom is 0.268 e. The molecule has 0 aliphatic carbocycles. The van der Waals surface area contributed by atoms with Crippen LogP contribution in [-0.2, 0) is 18.4 Å². The lowest BCUT2D eigenvalue weighted by atomic mass is 10.0. The molecule has 0 aromatic carbocycles. The molecule has 0 saturated carbocycles. The molecule has 0 bridgehead atoms. The molecule has 2 N–H and O–H groups in total. The number of unbranched alkanes of at least 4 members (excludes halogenated alkanes) is 42. The Morgan fingerprint density at radius 2 is 0.786 bits per heavy atom. The van der Waals surface area contributed by atoms with E-state index in [1.165, 1.54) is 250 Å². The van der Waals surface area contributed by atoms with Crippen LogP contribution in [0.2, 0.25) is 0 Å². The SMILES string of the molecule is CCCCCCCCC/C=C\CCCCCCCCCC(=O)NC(COP(=O)([O-])OCC[N+](C)(C)C)C(O)/C=C/CCCCCCCCCCCCCCCCCCCCCCCCCCCCCC. The first-order valence-corrected chi connectivity index (χ1v) is 32.2. The zero-order valence-corrected chi connectivity index (χ0v) is 48.4. The molecule has 8 nitrogen and oxygen atoms in total. The summed E-state index contributed by atoms with van der Waals surface area (Å²) >= 11 is 0. The van der Waals surface area contributed by atoms with Gasteiger partial charge in [0, 0.05) is 6.42 Å². The Kier molecular flexibility index (Phi) is 52.1. The number of rotatable bonds is 57. The number of likely N-dealkylation sites (N-methyl/N-ethyl adjacent to an activating group) is 1. The van der Waals surface area contributed by atoms with Gasteiger partial charge in [0.25, 0.3) is 7.82 Å². The van der Waals surface area contributed by atoms with Gasteiger partial charge in [0.05, 0.1) is 39.9 Å². The molecule has 416 valence electrons. The molecule has 0 rings (SSSR count). The van der Waals surface area contributed by atoms with E-state index in [1.54, 1.807) is 6.08 Å². The van der Waals surface area contributed by atoms with Crippen molar-refractivity contribution in [1.29, 1.82) is 0 Å². The monoisotopic (exact) mass is 1010 g/mol. The van der Waals surface area contributed by atoms with Crippen LogP contribution in [0.25, 0.3) is 0 Å². The number of hydrogen-bond donors (Lipinski definition) is 2. The van der Waals surface area contributed by atoms with Crippen LogP contribution in [0.1, 0.15) is 309 Å². The zero-order chi connectivity index (χ0) is 51.3. The maximum absolute atomic E-state index is 13.0. The Labute approximate surface area is 436 Å². The van der Waals surface area contributed by atoms with Crippen molar-refractivity contribution in [2.45, 2.75) is 321 Å². The molecule has 0 aliphatic heterocycles. The number of carbonyl (C=O) groups is 1. The number of hydrogen-bond acceptors (Lipinski definition) is 6. The number of phosphoric ester groups is 1. The molecule has 0 spiro atoms. The van der Waals surface area contributed by atoms with Gasteiger partial charge in [0.2, 0.25) is 5.91 Å². The second kappa shape index (κ2) is 52.8. The van der Waals surface area contributed by atoms with Crippen LogP contribution in [-0.4, -0.2) is 68.5 Å². The minimum absolute atomic E-state index is 0.000165. The number of amides is 1. The van der Waals surface area contributed by atoms with Crippen LogP contribution in [0.4, 0.5) is 0 Å². The summed E-state index contributed by atoms with van der Waals surface area (Å²) in [5, 5.41) is 13.9. The van der Waals surface area contributed by atoms with Crippen molar-refractivity contribution in [3.8, 4) is 0 Å². The van der Waals surface area contributed by atoms with Crippen molar-refractivity contribution in [1.82, 2.24) is 5.32 Å². The third kappa shape index (κ3) is 54.7. The minimum atomic E-state index is -4.60. The topological polar surface area (TPSA) is 108 Å². The highest BCUT2D eigenvalue weighted by molar-refractivity contribution is 7.45. The van der Waals surface area contributed by atoms with E-state index in [0.29, 0.717) is 17.4 Å². The summed E-state index contributed by atoms with van der Waals surface area (Å²) in [5.41, 5.74) is 0. The predicted molar refractivity (Wildman–Crippen MR) is 302 cm³/mol. The quantitative estimate of drug-likeness (QED) is 0.0272. The third-order valence-corrected chi connectivity index (χ3v) is 15.1. The fourth-order valence-electron chi connectivity index (χ4n) is 9.33. The van der Waals surface area contributed by atoms with Crippen molar-refractivity contribution in [3.05, 3.63) is 24.3 Å². The second-order valence-corrected chi connectivity index (χ2v) is 23.8. The van der Waals surface area contributed by atoms with Crippen molar-refractivity contribution in [3.63, 3.8) is 0 Å². The molecule has 0 saturated heterocycles. The molecule has 0 heterocycles. The normalized spacial score (nSPS) is 14.0. The Bertz CT molecular complexity index is 1190. The van der Waals surface area contributed by atoms with Gasteiger partial charge in [-0.2, -0.15) is 0 Å². The van der Waals surface area contributed by atoms with Crippen molar-refractivity contribution < 1.29 is 32.9 Å². The lowest BCUT2D eigenvalue weighted by Crippen LogP contribution is -2.45. The first-order chi connectivity index (χ1) is 34.0. The average Bonchev–Trinajstić information content (AvgIpc) is 3.32. The molecule has 0 radical (unpaired) electrons. The summed E-state index contributed by atoms with van der Waals surface area (Å²) in [5.74, 6) is -0.197. The smallest absolute Gasteiger partial charge is 0.268 e. The largest absolute Gasteiger partial charge is 0.756 e. The lowest BCUT2D eigenvalue weighted by molar-refractivity contribution is -0.870. The summed E-state index contributed by atoms with van der Waals surface area (Å²) in [6, 6.07) is -0.888. The molecule has 3 unspecified atom stereocenters. The van der Waals surface area contributed by atoms with Crippen LogP contribution in [0.5, 0.6) is 0 Å². The molecule has 3 atom stereocenters. The number of quaternary nitrogens is 1. The summed E-state index contributed by atoms with van der Waals surface area (Å²) in [6.07, 6.45) is 67.0. The molecule has 1 amide bonds. The van der Waals surface area contributed by atoms with Crippen molar-refractivity contribution >= 4 is 13.7 Å².